The van der Waals surface area contributed by atoms with E-state index < -0.39 is 10.2 Å². The molecule has 0 unspecified atom stereocenters. The Morgan fingerprint density at radius 3 is 0.818 bits per heavy atom. The monoisotopic (exact) mass is 258 g/mol. The normalized spacial score (nSPS) is 4.82. The first-order valence-electron chi connectivity index (χ1n) is 1.23. The van der Waals surface area contributed by atoms with Gasteiger partial charge in [-0.1, -0.05) is 0 Å². The fourth-order valence-electron chi connectivity index (χ4n) is 0. The number of hydrogen-bond donors (Lipinski definition) is 0. The Hall–Kier alpha value is -0.787. The average molecular weight is 258 g/mol. The summed E-state index contributed by atoms with van der Waals surface area (Å²) in [5.41, 5.74) is 0. The van der Waals surface area contributed by atoms with Crippen LogP contribution in [0.15, 0.2) is 0 Å². The Morgan fingerprint density at radius 2 is 0.818 bits per heavy atom. The summed E-state index contributed by atoms with van der Waals surface area (Å²) in [6.45, 7) is 0. The SMILES string of the molecule is O=[N+]([O-])[O-].O=[N+]([O-])[O-].[Co+2].[O]=[Co]. The first-order valence-corrected chi connectivity index (χ1v) is 1.66. The van der Waals surface area contributed by atoms with Gasteiger partial charge in [-0.3, -0.25) is 0 Å². The molecule has 0 aliphatic carbocycles. The van der Waals surface area contributed by atoms with Crippen molar-refractivity contribution in [3.8, 4) is 0 Å². The molecule has 0 aliphatic rings. The van der Waals surface area contributed by atoms with E-state index in [-0.39, 0.29) is 16.8 Å². The summed E-state index contributed by atoms with van der Waals surface area (Å²) in [4.78, 5) is 16.5. The van der Waals surface area contributed by atoms with E-state index in [1.807, 2.05) is 0 Å². The van der Waals surface area contributed by atoms with E-state index in [1.54, 1.807) is 0 Å². The van der Waals surface area contributed by atoms with E-state index in [0.29, 0.717) is 0 Å². The number of hydrogen-bond acceptors (Lipinski definition) is 7. The van der Waals surface area contributed by atoms with Crippen molar-refractivity contribution >= 4 is 0 Å². The maximum absolute atomic E-state index is 8.25. The van der Waals surface area contributed by atoms with Gasteiger partial charge in [0.25, 0.3) is 0 Å². The summed E-state index contributed by atoms with van der Waals surface area (Å²) < 4.78 is 7.94. The van der Waals surface area contributed by atoms with Crippen molar-refractivity contribution in [2.24, 2.45) is 0 Å². The second kappa shape index (κ2) is 22.9. The molecule has 0 aromatic carbocycles. The van der Waals surface area contributed by atoms with Crippen LogP contribution in [0.2, 0.25) is 0 Å². The van der Waals surface area contributed by atoms with E-state index in [4.69, 9.17) is 34.5 Å². The fraction of sp³-hybridized carbons (Fsp3) is 0. The molecule has 0 N–H and O–H groups in total. The van der Waals surface area contributed by atoms with Gasteiger partial charge < -0.3 is 30.6 Å². The van der Waals surface area contributed by atoms with Crippen LogP contribution in [0.4, 0.5) is 0 Å². The fourth-order valence-corrected chi connectivity index (χ4v) is 0. The molecule has 0 fully saturated rings. The summed E-state index contributed by atoms with van der Waals surface area (Å²) >= 11 is 2.31. The van der Waals surface area contributed by atoms with Crippen molar-refractivity contribution in [1.29, 1.82) is 0 Å². The van der Waals surface area contributed by atoms with Crippen LogP contribution < -0.4 is 0 Å². The van der Waals surface area contributed by atoms with Gasteiger partial charge in [-0.05, 0) is 0 Å². The Kier molecular flexibility index (Phi) is 46.7. The van der Waals surface area contributed by atoms with Crippen LogP contribution in [0, 0.1) is 30.6 Å². The standard InChI is InChI=1S/2Co.2NO3.O/c;;2*2-1(3)4;/q;+2;2*-1;. The number of nitrogens with zero attached hydrogens (tertiary/aromatic N) is 2. The van der Waals surface area contributed by atoms with Crippen LogP contribution in [-0.2, 0) is 36.3 Å². The summed E-state index contributed by atoms with van der Waals surface area (Å²) in [6.07, 6.45) is 0. The van der Waals surface area contributed by atoms with Crippen LogP contribution in [-0.4, -0.2) is 10.2 Å². The Balaban J connectivity index is -0.0000000339. The van der Waals surface area contributed by atoms with Crippen molar-refractivity contribution in [2.75, 3.05) is 0 Å². The minimum absolute atomic E-state index is 0. The minimum atomic E-state index is -1.75. The Labute approximate surface area is 77.6 Å². The van der Waals surface area contributed by atoms with E-state index >= 15 is 0 Å². The molecule has 70 valence electrons. The Bertz CT molecular complexity index is 82.6. The molecule has 9 nitrogen and oxygen atoms in total. The number of rotatable bonds is 0. The maximum atomic E-state index is 8.25. The van der Waals surface area contributed by atoms with Gasteiger partial charge in [0.15, 0.2) is 0 Å². The van der Waals surface area contributed by atoms with E-state index in [9.17, 15) is 0 Å². The van der Waals surface area contributed by atoms with E-state index in [2.05, 4.69) is 15.7 Å². The van der Waals surface area contributed by atoms with E-state index in [1.165, 1.54) is 0 Å². The predicted octanol–water partition coefficient (Wildman–Crippen LogP) is -0.602. The zero-order valence-electron chi connectivity index (χ0n) is 4.42. The second-order valence-electron chi connectivity index (χ2n) is 0.447. The van der Waals surface area contributed by atoms with Crippen molar-refractivity contribution < 1.29 is 46.5 Å². The zero-order valence-corrected chi connectivity index (χ0v) is 6.50. The summed E-state index contributed by atoms with van der Waals surface area (Å²) in [5.74, 6) is 0. The Morgan fingerprint density at radius 1 is 0.818 bits per heavy atom. The summed E-state index contributed by atoms with van der Waals surface area (Å²) in [6, 6.07) is 0. The van der Waals surface area contributed by atoms with Crippen LogP contribution in [0.5, 0.6) is 0 Å². The van der Waals surface area contributed by atoms with Gasteiger partial charge >= 0.3 is 36.3 Å². The molecular formula is Co2N2O7. The molecule has 0 spiro atoms. The van der Waals surface area contributed by atoms with Crippen molar-refractivity contribution in [2.45, 2.75) is 0 Å². The van der Waals surface area contributed by atoms with Crippen molar-refractivity contribution in [1.82, 2.24) is 0 Å². The first-order chi connectivity index (χ1) is 4.46. The molecule has 0 saturated heterocycles. The van der Waals surface area contributed by atoms with Crippen LogP contribution in [0.3, 0.4) is 0 Å². The third-order valence-corrected chi connectivity index (χ3v) is 0. The molecule has 11 heteroatoms. The molecule has 0 amide bonds. The van der Waals surface area contributed by atoms with Crippen molar-refractivity contribution in [3.63, 3.8) is 0 Å². The average Bonchev–Trinajstić information content (AvgIpc) is 1.66. The molecule has 0 atom stereocenters. The molecule has 0 saturated carbocycles. The molecule has 11 heavy (non-hydrogen) atoms. The van der Waals surface area contributed by atoms with Crippen LogP contribution >= 0.6 is 0 Å². The second-order valence-corrected chi connectivity index (χ2v) is 0.447. The summed E-state index contributed by atoms with van der Waals surface area (Å²) in [7, 11) is 0. The molecule has 0 aliphatic heterocycles. The van der Waals surface area contributed by atoms with Gasteiger partial charge in [0.1, 0.15) is 0 Å². The van der Waals surface area contributed by atoms with Crippen LogP contribution in [0.1, 0.15) is 0 Å². The van der Waals surface area contributed by atoms with Crippen molar-refractivity contribution in [3.05, 3.63) is 30.6 Å². The molecule has 0 bridgehead atoms. The molecule has 0 rings (SSSR count). The van der Waals surface area contributed by atoms with Gasteiger partial charge in [-0.15, -0.1) is 0 Å². The van der Waals surface area contributed by atoms with Gasteiger partial charge in [-0.25, -0.2) is 0 Å². The molecule has 0 heterocycles. The third-order valence-electron chi connectivity index (χ3n) is 0. The first kappa shape index (κ1) is 22.5. The van der Waals surface area contributed by atoms with E-state index in [0.717, 1.165) is 0 Å². The van der Waals surface area contributed by atoms with Gasteiger partial charge in [0.2, 0.25) is 0 Å². The molecular weight excluding hydrogens is 258 g/mol. The molecule has 0 aromatic rings. The molecule has 0 aromatic heterocycles. The molecule has 1 radical (unpaired) electrons. The van der Waals surface area contributed by atoms with Crippen LogP contribution in [0.25, 0.3) is 0 Å². The zero-order chi connectivity index (χ0) is 9.15. The van der Waals surface area contributed by atoms with Gasteiger partial charge in [0, 0.05) is 0 Å². The topological polar surface area (TPSA) is 149 Å². The predicted molar refractivity (Wildman–Crippen MR) is 21.4 cm³/mol. The van der Waals surface area contributed by atoms with Gasteiger partial charge in [0.05, 0.1) is 10.2 Å². The van der Waals surface area contributed by atoms with Gasteiger partial charge in [-0.2, -0.15) is 0 Å². The quantitative estimate of drug-likeness (QED) is 0.415. The third kappa shape index (κ3) is 774. The summed E-state index contributed by atoms with van der Waals surface area (Å²) in [5, 5.41) is 29.5.